The topological polar surface area (TPSA) is 462 Å². The molecule has 5 aliphatic heterocycles. The number of imide groups is 1. The largest absolute Gasteiger partial charge is 0.493 e. The number of Topliss-reactive ketones (excluding diaryl/α,β-unsaturated/α-hetero) is 4. The number of nitrogens with zero attached hydrogens (tertiary/aromatic N) is 5. The van der Waals surface area contributed by atoms with Crippen LogP contribution in [-0.4, -0.2) is 311 Å². The third-order valence-corrected chi connectivity index (χ3v) is 24.5. The van der Waals surface area contributed by atoms with Gasteiger partial charge in [0, 0.05) is 114 Å². The maximum absolute atomic E-state index is 14.5. The third kappa shape index (κ3) is 36.8. The highest BCUT2D eigenvalue weighted by Gasteiger charge is 2.48. The Kier molecular flexibility index (Phi) is 51.3. The van der Waals surface area contributed by atoms with Crippen molar-refractivity contribution >= 4 is 88.0 Å². The van der Waals surface area contributed by atoms with Crippen LogP contribution in [0.4, 0.5) is 21.0 Å². The molecule has 143 heavy (non-hydrogen) atoms. The normalized spacial score (nSPS) is 17.2. The van der Waals surface area contributed by atoms with Crippen LogP contribution in [0.2, 0.25) is 0 Å². The van der Waals surface area contributed by atoms with Gasteiger partial charge in [-0.05, 0) is 106 Å². The fourth-order valence-electron chi connectivity index (χ4n) is 16.3. The lowest BCUT2D eigenvalue weighted by Gasteiger charge is -2.31. The molecule has 0 spiro atoms. The summed E-state index contributed by atoms with van der Waals surface area (Å²) in [6, 6.07) is 15.9. The monoisotopic (exact) mass is 2010 g/mol. The fraction of sp³-hybridized carbons (Fsp3) is 0.606. The molecule has 39 nitrogen and oxygen atoms in total. The van der Waals surface area contributed by atoms with Gasteiger partial charge in [0.15, 0.2) is 47.0 Å². The molecule has 4 aromatic carbocycles. The Bertz CT molecular complexity index is 4860. The van der Waals surface area contributed by atoms with E-state index < -0.39 is 84.3 Å². The van der Waals surface area contributed by atoms with Crippen molar-refractivity contribution in [3.63, 3.8) is 0 Å². The Morgan fingerprint density at radius 2 is 0.790 bits per heavy atom. The number of hydrogen-bond acceptors (Lipinski definition) is 31. The number of fused-ring (bicyclic) bond motifs is 4. The quantitative estimate of drug-likeness (QED) is 0.0203. The van der Waals surface area contributed by atoms with Crippen molar-refractivity contribution in [2.75, 3.05) is 183 Å². The van der Waals surface area contributed by atoms with E-state index in [4.69, 9.17) is 75.8 Å². The van der Waals surface area contributed by atoms with Crippen molar-refractivity contribution in [2.45, 2.75) is 210 Å². The molecule has 0 aliphatic carbocycles. The average molecular weight is 2010 g/mol. The third-order valence-electron chi connectivity index (χ3n) is 24.5. The van der Waals surface area contributed by atoms with Crippen molar-refractivity contribution in [3.05, 3.63) is 130 Å². The summed E-state index contributed by atoms with van der Waals surface area (Å²) in [6.07, 6.45) is 0.517. The molecule has 9 atom stereocenters. The van der Waals surface area contributed by atoms with Crippen LogP contribution in [0.1, 0.15) is 191 Å². The van der Waals surface area contributed by atoms with Crippen molar-refractivity contribution in [1.82, 2.24) is 30.7 Å². The Hall–Kier alpha value is -11.2. The summed E-state index contributed by atoms with van der Waals surface area (Å²) in [7, 11) is 4.37. The second-order valence-corrected chi connectivity index (χ2v) is 36.1. The second-order valence-electron chi connectivity index (χ2n) is 36.1. The van der Waals surface area contributed by atoms with Crippen LogP contribution in [-0.2, 0) is 126 Å². The van der Waals surface area contributed by atoms with E-state index in [1.165, 1.54) is 48.3 Å². The number of carbonyl (C=O) groups excluding carboxylic acids is 13. The van der Waals surface area contributed by atoms with Crippen LogP contribution >= 0.6 is 0 Å². The molecule has 39 heteroatoms. The lowest BCUT2D eigenvalue weighted by atomic mass is 9.88. The molecule has 4 aromatic rings. The highest BCUT2D eigenvalue weighted by molar-refractivity contribution is 6.08. The van der Waals surface area contributed by atoms with E-state index in [9.17, 15) is 72.5 Å². The molecule has 1 fully saturated rings. The first-order valence-corrected chi connectivity index (χ1v) is 48.4. The number of nitrogens with one attached hydrogen (secondary N) is 3. The first-order chi connectivity index (χ1) is 67.8. The predicted octanol–water partition coefficient (Wildman–Crippen LogP) is 9.96. The van der Waals surface area contributed by atoms with Crippen molar-refractivity contribution in [3.8, 4) is 23.0 Å². The number of ether oxygens (including phenoxy) is 16. The van der Waals surface area contributed by atoms with Gasteiger partial charge in [-0.1, -0.05) is 109 Å². The summed E-state index contributed by atoms with van der Waals surface area (Å²) >= 11 is 0. The molecule has 1 saturated heterocycles. The summed E-state index contributed by atoms with van der Waals surface area (Å²) in [5.74, 6) is -4.76. The number of likely N-dealkylation sites (tertiary alicyclic amines) is 1. The smallest absolute Gasteiger partial charge is 0.416 e. The number of benzene rings is 4. The van der Waals surface area contributed by atoms with Crippen LogP contribution in [0.25, 0.3) is 0 Å². The molecule has 792 valence electrons. The SMILES string of the molecule is C.C.COCCOCCC(=O)C[C@H](C(=O)N[C@@H](C)C(=O)Cc1ccc(COC(=O)N2c3cc(OCCCCCOc4cc5c(cc4OC)C(=O)N4C=C(C)C[C@H]4[C@H](O)N5C(=O)OCc4ccc(CC(=O)[C@H](C)NC(=O)[C@@H](CC(=O)CCOCCOCCOCCOCCOCCOCCOCCOCCNC(=O)CCN5C(=O)CC(C)C5=O)C(C)C)cc4)c(OC)cc3C(=O)N3C=C(C)C[C@H]3[C@@H]2O)cc1)C(C)C. The van der Waals surface area contributed by atoms with E-state index in [0.29, 0.717) is 147 Å². The zero-order valence-corrected chi connectivity index (χ0v) is 83.3. The van der Waals surface area contributed by atoms with Crippen LogP contribution in [0.3, 0.4) is 0 Å². The average Bonchev–Trinajstić information content (AvgIpc) is 1.61. The Balaban J connectivity index is 0.0000139. The highest BCUT2D eigenvalue weighted by atomic mass is 16.6. The van der Waals surface area contributed by atoms with Gasteiger partial charge in [0.2, 0.25) is 29.5 Å². The minimum absolute atomic E-state index is 0. The van der Waals surface area contributed by atoms with Crippen LogP contribution < -0.4 is 44.7 Å². The first kappa shape index (κ1) is 119. The second kappa shape index (κ2) is 61.8. The number of amides is 9. The number of methoxy groups -OCH3 is 3. The summed E-state index contributed by atoms with van der Waals surface area (Å²) in [6.45, 7) is 22.4. The molecule has 0 aromatic heterocycles. The van der Waals surface area contributed by atoms with Crippen LogP contribution in [0.15, 0.2) is 96.3 Å². The molecule has 9 amide bonds. The fourth-order valence-corrected chi connectivity index (χ4v) is 16.3. The summed E-state index contributed by atoms with van der Waals surface area (Å²) in [5, 5.41) is 32.5. The zero-order chi connectivity index (χ0) is 102. The van der Waals surface area contributed by atoms with E-state index in [2.05, 4.69) is 16.0 Å². The Morgan fingerprint density at radius 1 is 0.434 bits per heavy atom. The zero-order valence-electron chi connectivity index (χ0n) is 83.3. The van der Waals surface area contributed by atoms with Gasteiger partial charge in [-0.2, -0.15) is 0 Å². The number of anilines is 2. The number of aliphatic hydroxyl groups excluding tert-OH is 2. The summed E-state index contributed by atoms with van der Waals surface area (Å²) in [4.78, 5) is 180. The molecule has 0 saturated carbocycles. The van der Waals surface area contributed by atoms with Gasteiger partial charge in [0.25, 0.3) is 11.8 Å². The molecule has 1 unspecified atom stereocenters. The Morgan fingerprint density at radius 3 is 1.14 bits per heavy atom. The number of hydrogen-bond donors (Lipinski definition) is 5. The maximum Gasteiger partial charge on any atom is 0.416 e. The lowest BCUT2D eigenvalue weighted by molar-refractivity contribution is -0.139. The van der Waals surface area contributed by atoms with Gasteiger partial charge in [0.1, 0.15) is 24.8 Å². The number of unbranched alkanes of at least 4 members (excludes halogenated alkanes) is 2. The standard InChI is InChI=1S/C102H142N8O31.2CH4/c1-65(2)78(55-76(111)25-31-129-35-34-126-10)94(117)104-70(8)86(113)53-72-16-20-74(21-17-72)63-140-101(124)109-82-59-90(88(127-11)57-80(82)97(120)107-61-67(5)50-84(107)99(109)122)138-29-14-13-15-30-139-91-60-83-81(58-89(91)128-12)98(121)108-62-68(6)51-85(108)100(123)110(83)102(125)141-64-75-22-18-73(19-23-75)54-87(114)71(9)105-95(118)79(66(3)4)56-77(112)26-32-130-36-38-132-40-42-134-44-46-136-48-49-137-47-45-135-43-41-133-39-37-131-33-27-103-92(115)24-28-106-93(116)52-69(7)96(106)119;;/h16-23,57-62,65-66,69-71,78-79,84-85,99-100,122-123H,13-15,24-56,63-64H2,1-12H3,(H,103,115)(H,104,117)(H,105,118);2*1H4/t69?,70-,71-,78-,79-,84-,85-,99-,100-;;/m0../s1. The van der Waals surface area contributed by atoms with E-state index >= 15 is 0 Å². The van der Waals surface area contributed by atoms with E-state index in [1.807, 2.05) is 41.5 Å². The number of aliphatic hydroxyl groups is 2. The number of rotatable bonds is 66. The van der Waals surface area contributed by atoms with Gasteiger partial charge >= 0.3 is 12.2 Å². The minimum atomic E-state index is -1.59. The summed E-state index contributed by atoms with van der Waals surface area (Å²) < 4.78 is 90.6. The maximum atomic E-state index is 14.5. The lowest BCUT2D eigenvalue weighted by Crippen LogP contribution is -2.50. The number of ketones is 4. The summed E-state index contributed by atoms with van der Waals surface area (Å²) in [5.41, 5.74) is 4.01. The van der Waals surface area contributed by atoms with E-state index in [1.54, 1.807) is 88.8 Å². The van der Waals surface area contributed by atoms with Crippen LogP contribution in [0, 0.1) is 29.6 Å². The van der Waals surface area contributed by atoms with Crippen LogP contribution in [0.5, 0.6) is 23.0 Å². The highest BCUT2D eigenvalue weighted by Crippen LogP contribution is 2.45. The van der Waals surface area contributed by atoms with Crippen molar-refractivity contribution in [2.24, 2.45) is 29.6 Å². The van der Waals surface area contributed by atoms with Gasteiger partial charge in [0.05, 0.1) is 200 Å². The first-order valence-electron chi connectivity index (χ1n) is 48.4. The van der Waals surface area contributed by atoms with E-state index in [-0.39, 0.29) is 243 Å². The van der Waals surface area contributed by atoms with Gasteiger partial charge in [-0.25, -0.2) is 19.4 Å². The molecule has 5 aliphatic rings. The number of carbonyl (C=O) groups is 13. The van der Waals surface area contributed by atoms with Gasteiger partial charge in [-0.15, -0.1) is 0 Å². The van der Waals surface area contributed by atoms with E-state index in [0.717, 1.165) is 25.8 Å². The van der Waals surface area contributed by atoms with Gasteiger partial charge < -0.3 is 112 Å². The minimum Gasteiger partial charge on any atom is -0.493 e. The predicted molar refractivity (Wildman–Crippen MR) is 526 cm³/mol. The van der Waals surface area contributed by atoms with Crippen molar-refractivity contribution in [1.29, 1.82) is 0 Å². The Labute approximate surface area is 838 Å². The molecular weight excluding hydrogens is 1860 g/mol. The van der Waals surface area contributed by atoms with Crippen molar-refractivity contribution < 1.29 is 148 Å². The molecule has 0 radical (unpaired) electrons. The molecule has 0 bridgehead atoms. The molecular formula is C104H150N8O31. The van der Waals surface area contributed by atoms with Gasteiger partial charge in [-0.3, -0.25) is 57.6 Å². The molecule has 9 rings (SSSR count). The molecule has 5 N–H and O–H groups in total. The molecule has 5 heterocycles.